The Kier molecular flexibility index (Phi) is 7.95. The van der Waals surface area contributed by atoms with Gasteiger partial charge in [0.05, 0.1) is 11.8 Å². The second-order valence-electron chi connectivity index (χ2n) is 13.3. The van der Waals surface area contributed by atoms with E-state index in [4.69, 9.17) is 9.47 Å². The van der Waals surface area contributed by atoms with Gasteiger partial charge in [-0.05, 0) is 83.4 Å². The summed E-state index contributed by atoms with van der Waals surface area (Å²) in [6.07, 6.45) is 1.18. The molecule has 0 bridgehead atoms. The van der Waals surface area contributed by atoms with Gasteiger partial charge in [0, 0.05) is 58.1 Å². The summed E-state index contributed by atoms with van der Waals surface area (Å²) in [5, 5.41) is 106. The summed E-state index contributed by atoms with van der Waals surface area (Å²) in [6.45, 7) is 0. The third kappa shape index (κ3) is 5.95. The summed E-state index contributed by atoms with van der Waals surface area (Å²) >= 11 is 0. The van der Waals surface area contributed by atoms with E-state index in [0.717, 1.165) is 18.2 Å². The molecule has 0 saturated heterocycles. The maximum absolute atomic E-state index is 11.6. The van der Waals surface area contributed by atoms with Crippen LogP contribution in [-0.2, 0) is 0 Å². The van der Waals surface area contributed by atoms with Crippen LogP contribution in [0.5, 0.6) is 69.0 Å². The standard InChI is InChI=1S/C42H32O12/c43-23-4-3-20(32(49)15-23)2-1-19-7-35(52)40-37(8-19)54-42(39(40)22-11-27(47)14-28(48)12-22)30-17-31-36(18-34(30)51)53-41(29-6-5-24(44)16-33(29)50)38(31)21-9-25(45)13-26(46)10-21/h1-18,38-39,41-52H/t38-,39-,41+,42+/m1/s1. The SMILES string of the molecule is Oc1cc(O)cc([C@@H]2c3cc([C@@H]4Oc5cc(C=Cc6ccc(O)cc6O)cc(O)c5[C@H]4c4cc(O)cc(O)c4)c(O)cc3O[C@H]2c2ccc(O)cc2O)c1. The molecule has 2 aliphatic heterocycles. The molecule has 54 heavy (non-hydrogen) atoms. The molecule has 272 valence electrons. The van der Waals surface area contributed by atoms with E-state index in [-0.39, 0.29) is 80.1 Å². The number of benzene rings is 6. The molecule has 0 amide bonds. The van der Waals surface area contributed by atoms with Crippen molar-refractivity contribution in [3.8, 4) is 69.0 Å². The Balaban J connectivity index is 1.27. The molecule has 2 heterocycles. The molecule has 4 atom stereocenters. The van der Waals surface area contributed by atoms with Crippen molar-refractivity contribution >= 4 is 12.2 Å². The van der Waals surface area contributed by atoms with E-state index in [1.807, 2.05) is 0 Å². The third-order valence-electron chi connectivity index (χ3n) is 9.73. The van der Waals surface area contributed by atoms with Crippen LogP contribution in [0.15, 0.2) is 97.1 Å². The maximum Gasteiger partial charge on any atom is 0.138 e. The van der Waals surface area contributed by atoms with Crippen LogP contribution in [0.1, 0.15) is 68.6 Å². The Labute approximate surface area is 306 Å². The lowest BCUT2D eigenvalue weighted by Crippen LogP contribution is -2.13. The van der Waals surface area contributed by atoms with Crippen molar-refractivity contribution in [1.29, 1.82) is 0 Å². The van der Waals surface area contributed by atoms with Crippen molar-refractivity contribution in [3.63, 3.8) is 0 Å². The van der Waals surface area contributed by atoms with Gasteiger partial charge < -0.3 is 60.5 Å². The van der Waals surface area contributed by atoms with E-state index in [0.29, 0.717) is 33.4 Å². The fourth-order valence-electron chi connectivity index (χ4n) is 7.45. The average molecular weight is 729 g/mol. The van der Waals surface area contributed by atoms with Crippen LogP contribution in [-0.4, -0.2) is 51.1 Å². The summed E-state index contributed by atoms with van der Waals surface area (Å²) in [5.41, 5.74) is 2.90. The number of fused-ring (bicyclic) bond motifs is 2. The lowest BCUT2D eigenvalue weighted by Gasteiger charge is -2.23. The Morgan fingerprint density at radius 1 is 0.389 bits per heavy atom. The number of rotatable bonds is 6. The van der Waals surface area contributed by atoms with E-state index < -0.39 is 24.0 Å². The second-order valence-corrected chi connectivity index (χ2v) is 13.3. The van der Waals surface area contributed by atoms with Gasteiger partial charge in [-0.1, -0.05) is 12.2 Å². The lowest BCUT2D eigenvalue weighted by molar-refractivity contribution is 0.214. The highest BCUT2D eigenvalue weighted by molar-refractivity contribution is 5.75. The van der Waals surface area contributed by atoms with E-state index in [9.17, 15) is 51.1 Å². The lowest BCUT2D eigenvalue weighted by atomic mass is 9.81. The van der Waals surface area contributed by atoms with Gasteiger partial charge in [-0.3, -0.25) is 0 Å². The van der Waals surface area contributed by atoms with Gasteiger partial charge in [0.25, 0.3) is 0 Å². The Morgan fingerprint density at radius 2 is 0.944 bits per heavy atom. The molecule has 2 aliphatic rings. The molecule has 0 aromatic heterocycles. The van der Waals surface area contributed by atoms with Crippen LogP contribution < -0.4 is 9.47 Å². The number of hydrogen-bond acceptors (Lipinski definition) is 12. The van der Waals surface area contributed by atoms with Crippen LogP contribution in [0.25, 0.3) is 12.2 Å². The zero-order valence-electron chi connectivity index (χ0n) is 28.0. The molecule has 0 spiro atoms. The number of ether oxygens (including phenoxy) is 2. The molecule has 0 fully saturated rings. The monoisotopic (exact) mass is 728 g/mol. The molecule has 0 saturated carbocycles. The quantitative estimate of drug-likeness (QED) is 0.0756. The smallest absolute Gasteiger partial charge is 0.138 e. The van der Waals surface area contributed by atoms with Crippen molar-refractivity contribution in [3.05, 3.63) is 142 Å². The van der Waals surface area contributed by atoms with Gasteiger partial charge in [0.2, 0.25) is 0 Å². The minimum atomic E-state index is -1.07. The van der Waals surface area contributed by atoms with E-state index >= 15 is 0 Å². The molecule has 12 nitrogen and oxygen atoms in total. The Bertz CT molecular complexity index is 2470. The molecule has 6 aromatic rings. The first-order valence-electron chi connectivity index (χ1n) is 16.7. The van der Waals surface area contributed by atoms with Crippen LogP contribution in [0.4, 0.5) is 0 Å². The molecule has 6 aromatic carbocycles. The van der Waals surface area contributed by atoms with Crippen molar-refractivity contribution in [2.24, 2.45) is 0 Å². The molecular weight excluding hydrogens is 696 g/mol. The fourth-order valence-corrected chi connectivity index (χ4v) is 7.45. The molecule has 8 rings (SSSR count). The predicted octanol–water partition coefficient (Wildman–Crippen LogP) is 7.44. The Hall–Kier alpha value is -7.34. The van der Waals surface area contributed by atoms with Crippen LogP contribution >= 0.6 is 0 Å². The second kappa shape index (κ2) is 12.7. The highest BCUT2D eigenvalue weighted by Crippen LogP contribution is 2.59. The van der Waals surface area contributed by atoms with E-state index in [1.54, 1.807) is 24.3 Å². The fraction of sp³-hybridized carbons (Fsp3) is 0.0952. The third-order valence-corrected chi connectivity index (χ3v) is 9.73. The van der Waals surface area contributed by atoms with Crippen LogP contribution in [0, 0.1) is 0 Å². The van der Waals surface area contributed by atoms with Crippen LogP contribution in [0.2, 0.25) is 0 Å². The van der Waals surface area contributed by atoms with Gasteiger partial charge in [-0.25, -0.2) is 0 Å². The van der Waals surface area contributed by atoms with E-state index in [1.165, 1.54) is 66.7 Å². The maximum atomic E-state index is 11.6. The summed E-state index contributed by atoms with van der Waals surface area (Å²) in [5.74, 6) is -3.40. The number of phenolic OH excluding ortho intramolecular Hbond substituents is 10. The number of hydrogen-bond donors (Lipinski definition) is 10. The molecule has 0 aliphatic carbocycles. The van der Waals surface area contributed by atoms with Gasteiger partial charge >= 0.3 is 0 Å². The van der Waals surface area contributed by atoms with Crippen LogP contribution in [0.3, 0.4) is 0 Å². The van der Waals surface area contributed by atoms with Gasteiger partial charge in [0.15, 0.2) is 0 Å². The van der Waals surface area contributed by atoms with Crippen molar-refractivity contribution in [2.45, 2.75) is 24.0 Å². The number of aromatic hydroxyl groups is 10. The molecule has 0 unspecified atom stereocenters. The van der Waals surface area contributed by atoms with Crippen molar-refractivity contribution < 1.29 is 60.5 Å². The highest BCUT2D eigenvalue weighted by Gasteiger charge is 2.44. The molecule has 12 heteroatoms. The summed E-state index contributed by atoms with van der Waals surface area (Å²) in [6, 6.07) is 22.3. The minimum absolute atomic E-state index is 0.106. The summed E-state index contributed by atoms with van der Waals surface area (Å²) in [7, 11) is 0. The first-order chi connectivity index (χ1) is 25.8. The van der Waals surface area contributed by atoms with Gasteiger partial charge in [-0.2, -0.15) is 0 Å². The first kappa shape index (κ1) is 33.8. The predicted molar refractivity (Wildman–Crippen MR) is 195 cm³/mol. The molecule has 0 radical (unpaired) electrons. The average Bonchev–Trinajstić information content (AvgIpc) is 3.65. The summed E-state index contributed by atoms with van der Waals surface area (Å²) in [4.78, 5) is 0. The largest absolute Gasteiger partial charge is 0.508 e. The first-order valence-corrected chi connectivity index (χ1v) is 16.7. The molecular formula is C42H32O12. The van der Waals surface area contributed by atoms with E-state index in [2.05, 4.69) is 0 Å². The van der Waals surface area contributed by atoms with Crippen molar-refractivity contribution in [2.75, 3.05) is 0 Å². The minimum Gasteiger partial charge on any atom is -0.508 e. The van der Waals surface area contributed by atoms with Crippen molar-refractivity contribution in [1.82, 2.24) is 0 Å². The highest BCUT2D eigenvalue weighted by atomic mass is 16.5. The molecule has 10 N–H and O–H groups in total. The normalized spacial score (nSPS) is 18.6. The Morgan fingerprint density at radius 3 is 1.57 bits per heavy atom. The zero-order valence-corrected chi connectivity index (χ0v) is 28.0. The number of phenols is 10. The van der Waals surface area contributed by atoms with Gasteiger partial charge in [-0.15, -0.1) is 0 Å². The summed E-state index contributed by atoms with van der Waals surface area (Å²) < 4.78 is 12.9. The van der Waals surface area contributed by atoms with Gasteiger partial charge in [0.1, 0.15) is 81.2 Å². The topological polar surface area (TPSA) is 221 Å². The zero-order chi connectivity index (χ0) is 38.0.